The van der Waals surface area contributed by atoms with Crippen molar-refractivity contribution in [3.63, 3.8) is 0 Å². The van der Waals surface area contributed by atoms with E-state index in [0.29, 0.717) is 37.2 Å². The van der Waals surface area contributed by atoms with Gasteiger partial charge in [-0.25, -0.2) is 12.7 Å². The van der Waals surface area contributed by atoms with Crippen LogP contribution in [0.2, 0.25) is 0 Å². The minimum atomic E-state index is -3.17. The van der Waals surface area contributed by atoms with Gasteiger partial charge in [-0.3, -0.25) is 0 Å². The molecule has 0 aliphatic carbocycles. The molecule has 24 heavy (non-hydrogen) atoms. The summed E-state index contributed by atoms with van der Waals surface area (Å²) in [5, 5.41) is 12.2. The monoisotopic (exact) mass is 349 g/mol. The summed E-state index contributed by atoms with van der Waals surface area (Å²) in [5.74, 6) is 0.312. The highest BCUT2D eigenvalue weighted by Crippen LogP contribution is 2.24. The Balaban J connectivity index is 1.99. The van der Waals surface area contributed by atoms with Crippen LogP contribution < -0.4 is 5.32 Å². The molecule has 1 aromatic rings. The minimum absolute atomic E-state index is 0.305. The van der Waals surface area contributed by atoms with E-state index >= 15 is 0 Å². The highest BCUT2D eigenvalue weighted by molar-refractivity contribution is 7.89. The van der Waals surface area contributed by atoms with Gasteiger partial charge in [-0.05, 0) is 43.9 Å². The van der Waals surface area contributed by atoms with E-state index in [0.717, 1.165) is 18.4 Å². The van der Waals surface area contributed by atoms with E-state index in [1.54, 1.807) is 24.2 Å². The van der Waals surface area contributed by atoms with Crippen molar-refractivity contribution in [2.75, 3.05) is 13.1 Å². The van der Waals surface area contributed by atoms with Crippen LogP contribution in [0.4, 0.5) is 0 Å². The molecule has 0 unspecified atom stereocenters. The van der Waals surface area contributed by atoms with E-state index in [2.05, 4.69) is 18.3 Å². The largest absolute Gasteiger partial charge is 0.310 e. The Morgan fingerprint density at radius 2 is 2.17 bits per heavy atom. The third-order valence-corrected chi connectivity index (χ3v) is 7.04. The molecule has 0 radical (unpaired) electrons. The fourth-order valence-electron chi connectivity index (χ4n) is 3.21. The quantitative estimate of drug-likeness (QED) is 0.856. The molecule has 1 aliphatic heterocycles. The lowest BCUT2D eigenvalue weighted by Crippen LogP contribution is -2.51. The number of sulfonamides is 1. The smallest absolute Gasteiger partial charge is 0.216 e. The number of hydrogen-bond acceptors (Lipinski definition) is 4. The molecular formula is C18H27N3O2S. The first-order chi connectivity index (χ1) is 11.4. The number of nitrogens with one attached hydrogen (secondary N) is 1. The van der Waals surface area contributed by atoms with E-state index in [9.17, 15) is 8.42 Å². The highest BCUT2D eigenvalue weighted by atomic mass is 32.2. The zero-order valence-electron chi connectivity index (χ0n) is 14.7. The predicted molar refractivity (Wildman–Crippen MR) is 95.8 cm³/mol. The molecule has 0 bridgehead atoms. The van der Waals surface area contributed by atoms with Gasteiger partial charge in [0.25, 0.3) is 0 Å². The van der Waals surface area contributed by atoms with Crippen LogP contribution in [-0.2, 0) is 16.6 Å². The summed E-state index contributed by atoms with van der Waals surface area (Å²) >= 11 is 0. The van der Waals surface area contributed by atoms with Gasteiger partial charge in [0.1, 0.15) is 0 Å². The summed E-state index contributed by atoms with van der Waals surface area (Å²) < 4.78 is 26.4. The Bertz CT molecular complexity index is 694. The van der Waals surface area contributed by atoms with Gasteiger partial charge >= 0.3 is 0 Å². The molecule has 1 N–H and O–H groups in total. The first kappa shape index (κ1) is 18.9. The summed E-state index contributed by atoms with van der Waals surface area (Å²) in [6.45, 7) is 7.46. The second-order valence-electron chi connectivity index (χ2n) is 6.71. The maximum atomic E-state index is 12.4. The number of hydrogen-bond donors (Lipinski definition) is 1. The molecule has 0 spiro atoms. The second kappa shape index (κ2) is 8.11. The average molecular weight is 350 g/mol. The Morgan fingerprint density at radius 1 is 1.42 bits per heavy atom. The molecule has 1 fully saturated rings. The molecule has 1 heterocycles. The SMILES string of the molecule is CC[C@H]1CN(S(=O)(=O)C(C)C)CC[C@H]1NCc1cccc(C#N)c1. The van der Waals surface area contributed by atoms with Crippen LogP contribution in [0.5, 0.6) is 0 Å². The van der Waals surface area contributed by atoms with Crippen LogP contribution in [0.25, 0.3) is 0 Å². The summed E-state index contributed by atoms with van der Waals surface area (Å²) in [6.07, 6.45) is 1.77. The van der Waals surface area contributed by atoms with Gasteiger partial charge in [0.05, 0.1) is 16.9 Å². The van der Waals surface area contributed by atoms with Crippen molar-refractivity contribution in [3.8, 4) is 6.07 Å². The number of nitrogens with zero attached hydrogens (tertiary/aromatic N) is 2. The fraction of sp³-hybridized carbons (Fsp3) is 0.611. The molecule has 0 saturated carbocycles. The van der Waals surface area contributed by atoms with Crippen molar-refractivity contribution < 1.29 is 8.42 Å². The number of rotatable bonds is 6. The van der Waals surface area contributed by atoms with E-state index in [1.165, 1.54) is 0 Å². The van der Waals surface area contributed by atoms with E-state index in [-0.39, 0.29) is 5.25 Å². The fourth-order valence-corrected chi connectivity index (χ4v) is 4.57. The van der Waals surface area contributed by atoms with E-state index < -0.39 is 10.0 Å². The number of benzene rings is 1. The van der Waals surface area contributed by atoms with Crippen LogP contribution in [0.1, 0.15) is 44.7 Å². The summed E-state index contributed by atoms with van der Waals surface area (Å²) in [5.41, 5.74) is 1.75. The predicted octanol–water partition coefficient (Wildman–Crippen LogP) is 2.49. The van der Waals surface area contributed by atoms with Gasteiger partial charge in [-0.2, -0.15) is 5.26 Å². The van der Waals surface area contributed by atoms with Crippen LogP contribution in [0.15, 0.2) is 24.3 Å². The van der Waals surface area contributed by atoms with Crippen molar-refractivity contribution in [3.05, 3.63) is 35.4 Å². The first-order valence-corrected chi connectivity index (χ1v) is 10.1. The van der Waals surface area contributed by atoms with Gasteiger partial charge in [-0.15, -0.1) is 0 Å². The van der Waals surface area contributed by atoms with E-state index in [4.69, 9.17) is 5.26 Å². The third-order valence-electron chi connectivity index (χ3n) is 4.80. The van der Waals surface area contributed by atoms with Crippen molar-refractivity contribution in [1.82, 2.24) is 9.62 Å². The summed E-state index contributed by atoms with van der Waals surface area (Å²) in [7, 11) is -3.17. The maximum absolute atomic E-state index is 12.4. The minimum Gasteiger partial charge on any atom is -0.310 e. The van der Waals surface area contributed by atoms with Gasteiger partial charge in [0.2, 0.25) is 10.0 Å². The Kier molecular flexibility index (Phi) is 6.39. The molecule has 1 aromatic carbocycles. The molecule has 2 rings (SSSR count). The van der Waals surface area contributed by atoms with Gasteiger partial charge in [0.15, 0.2) is 0 Å². The number of nitriles is 1. The van der Waals surface area contributed by atoms with Crippen LogP contribution in [0, 0.1) is 17.2 Å². The van der Waals surface area contributed by atoms with Crippen molar-refractivity contribution in [2.45, 2.75) is 51.4 Å². The molecular weight excluding hydrogens is 322 g/mol. The van der Waals surface area contributed by atoms with Crippen LogP contribution in [0.3, 0.4) is 0 Å². The Morgan fingerprint density at radius 3 is 2.79 bits per heavy atom. The normalized spacial score (nSPS) is 22.5. The second-order valence-corrected chi connectivity index (χ2v) is 9.20. The zero-order valence-corrected chi connectivity index (χ0v) is 15.5. The molecule has 1 saturated heterocycles. The molecule has 0 aromatic heterocycles. The topological polar surface area (TPSA) is 73.2 Å². The molecule has 0 amide bonds. The van der Waals surface area contributed by atoms with Crippen molar-refractivity contribution >= 4 is 10.0 Å². The molecule has 5 nitrogen and oxygen atoms in total. The lowest BCUT2D eigenvalue weighted by Gasteiger charge is -2.38. The zero-order chi connectivity index (χ0) is 17.7. The highest BCUT2D eigenvalue weighted by Gasteiger charge is 2.34. The standard InChI is InChI=1S/C18H27N3O2S/c1-4-17-13-21(24(22,23)14(2)3)9-8-18(17)20-12-16-7-5-6-15(10-16)11-19/h5-7,10,14,17-18,20H,4,8-9,12-13H2,1-3H3/t17-,18+/m0/s1. The first-order valence-electron chi connectivity index (χ1n) is 8.59. The lowest BCUT2D eigenvalue weighted by atomic mass is 9.91. The number of piperidine rings is 1. The molecule has 132 valence electrons. The average Bonchev–Trinajstić information content (AvgIpc) is 2.59. The lowest BCUT2D eigenvalue weighted by molar-refractivity contribution is 0.200. The Labute approximate surface area is 145 Å². The van der Waals surface area contributed by atoms with Crippen molar-refractivity contribution in [1.29, 1.82) is 5.26 Å². The van der Waals surface area contributed by atoms with Gasteiger partial charge in [-0.1, -0.05) is 25.5 Å². The molecule has 6 heteroatoms. The molecule has 1 aliphatic rings. The van der Waals surface area contributed by atoms with Crippen LogP contribution >= 0.6 is 0 Å². The van der Waals surface area contributed by atoms with Gasteiger partial charge in [0, 0.05) is 25.7 Å². The third kappa shape index (κ3) is 4.35. The van der Waals surface area contributed by atoms with E-state index in [1.807, 2.05) is 18.2 Å². The summed E-state index contributed by atoms with van der Waals surface area (Å²) in [6, 6.07) is 10.1. The van der Waals surface area contributed by atoms with Crippen molar-refractivity contribution in [2.24, 2.45) is 5.92 Å². The summed E-state index contributed by atoms with van der Waals surface area (Å²) in [4.78, 5) is 0. The Hall–Kier alpha value is -1.42. The van der Waals surface area contributed by atoms with Gasteiger partial charge < -0.3 is 5.32 Å². The van der Waals surface area contributed by atoms with Crippen LogP contribution in [-0.4, -0.2) is 37.1 Å². The maximum Gasteiger partial charge on any atom is 0.216 e. The molecule has 2 atom stereocenters.